The normalized spacial score (nSPS) is 19.5. The molecule has 118 valence electrons. The van der Waals surface area contributed by atoms with Crippen molar-refractivity contribution < 1.29 is 22.3 Å². The fourth-order valence-electron chi connectivity index (χ4n) is 2.36. The fraction of sp³-hybridized carbons (Fsp3) is 0.429. The van der Waals surface area contributed by atoms with Gasteiger partial charge in [0.25, 0.3) is 0 Å². The number of aryl methyl sites for hydroxylation is 1. The Balaban J connectivity index is 1.94. The van der Waals surface area contributed by atoms with Crippen LogP contribution in [0.25, 0.3) is 0 Å². The molecule has 8 heteroatoms. The maximum atomic E-state index is 12.8. The summed E-state index contributed by atoms with van der Waals surface area (Å²) >= 11 is 0. The molecule has 1 aliphatic rings. The lowest BCUT2D eigenvalue weighted by atomic mass is 10.2. The molecule has 1 atom stereocenters. The topological polar surface area (TPSA) is 51.4 Å². The molecule has 5 nitrogen and oxygen atoms in total. The van der Waals surface area contributed by atoms with E-state index in [-0.39, 0.29) is 12.0 Å². The Bertz CT molecular complexity index is 657. The van der Waals surface area contributed by atoms with Crippen LogP contribution >= 0.6 is 0 Å². The minimum absolute atomic E-state index is 0.0252. The number of anilines is 1. The number of alkyl halides is 3. The number of morpholine rings is 1. The number of hydrogen-bond acceptors (Lipinski definition) is 5. The molecule has 2 aromatic rings. The van der Waals surface area contributed by atoms with E-state index in [4.69, 9.17) is 9.15 Å². The zero-order chi connectivity index (χ0) is 15.7. The average Bonchev–Trinajstić information content (AvgIpc) is 2.93. The molecule has 0 aliphatic carbocycles. The summed E-state index contributed by atoms with van der Waals surface area (Å²) in [5.41, 5.74) is -0.960. The number of nitrogens with zero attached hydrogens (tertiary/aromatic N) is 3. The summed E-state index contributed by atoms with van der Waals surface area (Å²) in [7, 11) is 0. The molecule has 2 aromatic heterocycles. The van der Waals surface area contributed by atoms with E-state index >= 15 is 0 Å². The van der Waals surface area contributed by atoms with Gasteiger partial charge in [0, 0.05) is 12.7 Å². The van der Waals surface area contributed by atoms with Crippen molar-refractivity contribution in [2.75, 3.05) is 24.7 Å². The van der Waals surface area contributed by atoms with Crippen LogP contribution in [0.4, 0.5) is 19.1 Å². The van der Waals surface area contributed by atoms with Crippen LogP contribution in [-0.4, -0.2) is 29.7 Å². The van der Waals surface area contributed by atoms with Gasteiger partial charge < -0.3 is 14.1 Å². The van der Waals surface area contributed by atoms with E-state index in [1.165, 1.54) is 0 Å². The summed E-state index contributed by atoms with van der Waals surface area (Å²) < 4.78 is 49.4. The largest absolute Gasteiger partial charge is 0.464 e. The molecule has 0 amide bonds. The van der Waals surface area contributed by atoms with E-state index < -0.39 is 11.9 Å². The number of ether oxygens (including phenoxy) is 1. The molecular weight excluding hydrogens is 299 g/mol. The Labute approximate surface area is 124 Å². The highest BCUT2D eigenvalue weighted by molar-refractivity contribution is 5.36. The number of hydrogen-bond donors (Lipinski definition) is 0. The van der Waals surface area contributed by atoms with Crippen LogP contribution in [0.5, 0.6) is 0 Å². The highest BCUT2D eigenvalue weighted by atomic mass is 19.4. The highest BCUT2D eigenvalue weighted by Gasteiger charge is 2.35. The molecule has 0 aromatic carbocycles. The standard InChI is InChI=1S/C14H14F3N3O2/c1-9-2-3-11(22-9)10-8-21-7-6-20(10)13-18-5-4-12(19-13)14(15,16)17/h2-5,10H,6-8H2,1H3/t10-/m1/s1. The summed E-state index contributed by atoms with van der Waals surface area (Å²) in [6, 6.07) is 4.10. The van der Waals surface area contributed by atoms with Crippen molar-refractivity contribution in [1.29, 1.82) is 0 Å². The summed E-state index contributed by atoms with van der Waals surface area (Å²) in [5, 5.41) is 0. The van der Waals surface area contributed by atoms with E-state index in [0.717, 1.165) is 18.0 Å². The third kappa shape index (κ3) is 2.92. The van der Waals surface area contributed by atoms with Gasteiger partial charge in [-0.2, -0.15) is 13.2 Å². The van der Waals surface area contributed by atoms with Crippen LogP contribution in [0.1, 0.15) is 23.3 Å². The van der Waals surface area contributed by atoms with E-state index in [1.807, 2.05) is 0 Å². The Kier molecular flexibility index (Phi) is 3.78. The number of furan rings is 1. The van der Waals surface area contributed by atoms with Crippen molar-refractivity contribution in [2.45, 2.75) is 19.1 Å². The number of aromatic nitrogens is 2. The van der Waals surface area contributed by atoms with Gasteiger partial charge in [0.1, 0.15) is 23.3 Å². The van der Waals surface area contributed by atoms with Crippen molar-refractivity contribution in [2.24, 2.45) is 0 Å². The van der Waals surface area contributed by atoms with E-state index in [2.05, 4.69) is 9.97 Å². The molecule has 0 unspecified atom stereocenters. The first-order chi connectivity index (χ1) is 10.4. The van der Waals surface area contributed by atoms with Crippen LogP contribution in [0.3, 0.4) is 0 Å². The zero-order valence-electron chi connectivity index (χ0n) is 11.8. The second-order valence-electron chi connectivity index (χ2n) is 4.97. The molecule has 1 saturated heterocycles. The third-order valence-corrected chi connectivity index (χ3v) is 3.41. The third-order valence-electron chi connectivity index (χ3n) is 3.41. The first kappa shape index (κ1) is 14.8. The molecule has 1 aliphatic heterocycles. The fourth-order valence-corrected chi connectivity index (χ4v) is 2.36. The average molecular weight is 313 g/mol. The van der Waals surface area contributed by atoms with Gasteiger partial charge in [-0.05, 0) is 25.1 Å². The van der Waals surface area contributed by atoms with Gasteiger partial charge in [0.05, 0.1) is 13.2 Å². The van der Waals surface area contributed by atoms with Crippen molar-refractivity contribution in [3.8, 4) is 0 Å². The first-order valence-electron chi connectivity index (χ1n) is 6.76. The quantitative estimate of drug-likeness (QED) is 0.853. The Morgan fingerprint density at radius 3 is 2.77 bits per heavy atom. The van der Waals surface area contributed by atoms with Crippen LogP contribution in [0.2, 0.25) is 0 Å². The second-order valence-corrected chi connectivity index (χ2v) is 4.97. The van der Waals surface area contributed by atoms with Gasteiger partial charge in [0.2, 0.25) is 5.95 Å². The number of rotatable bonds is 2. The maximum Gasteiger partial charge on any atom is 0.433 e. The van der Waals surface area contributed by atoms with Crippen molar-refractivity contribution >= 4 is 5.95 Å². The van der Waals surface area contributed by atoms with Crippen molar-refractivity contribution in [1.82, 2.24) is 9.97 Å². The first-order valence-corrected chi connectivity index (χ1v) is 6.76. The van der Waals surface area contributed by atoms with Gasteiger partial charge in [-0.3, -0.25) is 0 Å². The lowest BCUT2D eigenvalue weighted by Gasteiger charge is -2.34. The van der Waals surface area contributed by atoms with Crippen LogP contribution in [0.15, 0.2) is 28.8 Å². The summed E-state index contributed by atoms with van der Waals surface area (Å²) in [4.78, 5) is 9.30. The molecule has 0 saturated carbocycles. The van der Waals surface area contributed by atoms with Crippen LogP contribution < -0.4 is 4.90 Å². The summed E-state index contributed by atoms with van der Waals surface area (Å²) in [5.74, 6) is 1.38. The molecule has 1 fully saturated rings. The molecule has 0 bridgehead atoms. The lowest BCUT2D eigenvalue weighted by Crippen LogP contribution is -2.40. The van der Waals surface area contributed by atoms with Crippen LogP contribution in [-0.2, 0) is 10.9 Å². The van der Waals surface area contributed by atoms with E-state index in [9.17, 15) is 13.2 Å². The van der Waals surface area contributed by atoms with E-state index in [1.54, 1.807) is 24.0 Å². The summed E-state index contributed by atoms with van der Waals surface area (Å²) in [6.45, 7) is 2.91. The SMILES string of the molecule is Cc1ccc([C@H]2COCCN2c2nccc(C(F)(F)F)n2)o1. The monoisotopic (exact) mass is 313 g/mol. The molecule has 0 radical (unpaired) electrons. The molecule has 0 N–H and O–H groups in total. The van der Waals surface area contributed by atoms with Crippen molar-refractivity contribution in [3.05, 3.63) is 41.6 Å². The van der Waals surface area contributed by atoms with Gasteiger partial charge in [0.15, 0.2) is 0 Å². The molecule has 0 spiro atoms. The Hall–Kier alpha value is -2.09. The van der Waals surface area contributed by atoms with Gasteiger partial charge >= 0.3 is 6.18 Å². The predicted molar refractivity (Wildman–Crippen MR) is 71.4 cm³/mol. The predicted octanol–water partition coefficient (Wildman–Crippen LogP) is 2.97. The van der Waals surface area contributed by atoms with Crippen LogP contribution in [0, 0.1) is 6.92 Å². The van der Waals surface area contributed by atoms with E-state index in [0.29, 0.717) is 25.5 Å². The minimum Gasteiger partial charge on any atom is -0.464 e. The smallest absolute Gasteiger partial charge is 0.433 e. The highest BCUT2D eigenvalue weighted by Crippen LogP contribution is 2.32. The molecular formula is C14H14F3N3O2. The van der Waals surface area contributed by atoms with Gasteiger partial charge in [-0.15, -0.1) is 0 Å². The van der Waals surface area contributed by atoms with Gasteiger partial charge in [-0.25, -0.2) is 9.97 Å². The molecule has 3 rings (SSSR count). The second kappa shape index (κ2) is 5.60. The lowest BCUT2D eigenvalue weighted by molar-refractivity contribution is -0.141. The summed E-state index contributed by atoms with van der Waals surface area (Å²) in [6.07, 6.45) is -3.38. The number of halogens is 3. The zero-order valence-corrected chi connectivity index (χ0v) is 11.8. The maximum absolute atomic E-state index is 12.8. The van der Waals surface area contributed by atoms with Crippen molar-refractivity contribution in [3.63, 3.8) is 0 Å². The Morgan fingerprint density at radius 2 is 2.09 bits per heavy atom. The molecule has 22 heavy (non-hydrogen) atoms. The molecule has 3 heterocycles. The van der Waals surface area contributed by atoms with Gasteiger partial charge in [-0.1, -0.05) is 0 Å². The Morgan fingerprint density at radius 1 is 1.27 bits per heavy atom. The minimum atomic E-state index is -4.50.